The summed E-state index contributed by atoms with van der Waals surface area (Å²) in [6, 6.07) is 3.04. The number of hydrogen-bond acceptors (Lipinski definition) is 7. The maximum Gasteiger partial charge on any atom is 0.417 e. The summed E-state index contributed by atoms with van der Waals surface area (Å²) >= 11 is 0. The minimum Gasteiger partial charge on any atom is -0.448 e. The van der Waals surface area contributed by atoms with Crippen molar-refractivity contribution in [2.45, 2.75) is 57.3 Å². The van der Waals surface area contributed by atoms with Crippen molar-refractivity contribution in [1.29, 1.82) is 5.26 Å². The lowest BCUT2D eigenvalue weighted by Crippen LogP contribution is -2.49. The highest BCUT2D eigenvalue weighted by atomic mass is 19.4. The summed E-state index contributed by atoms with van der Waals surface area (Å²) < 4.78 is 56.5. The van der Waals surface area contributed by atoms with Crippen LogP contribution in [-0.2, 0) is 38.1 Å². The van der Waals surface area contributed by atoms with Crippen molar-refractivity contribution in [1.82, 2.24) is 14.8 Å². The van der Waals surface area contributed by atoms with Gasteiger partial charge in [0.1, 0.15) is 6.61 Å². The Labute approximate surface area is 231 Å². The molecular formula is C28H35F3N4O5. The molecule has 0 spiro atoms. The number of fused-ring (bicyclic) bond motifs is 2. The van der Waals surface area contributed by atoms with Crippen molar-refractivity contribution in [3.63, 3.8) is 0 Å². The highest BCUT2D eigenvalue weighted by Gasteiger charge is 2.60. The molecule has 4 heterocycles. The molecule has 0 N–H and O–H groups in total. The molecule has 3 fully saturated rings. The van der Waals surface area contributed by atoms with E-state index in [0.29, 0.717) is 56.3 Å². The molecule has 0 bridgehead atoms. The van der Waals surface area contributed by atoms with Crippen LogP contribution in [0.25, 0.3) is 0 Å². The van der Waals surface area contributed by atoms with E-state index in [1.807, 2.05) is 6.07 Å². The average molecular weight is 565 g/mol. The number of aromatic nitrogens is 1. The highest BCUT2D eigenvalue weighted by molar-refractivity contribution is 5.85. The third-order valence-corrected chi connectivity index (χ3v) is 9.12. The van der Waals surface area contributed by atoms with Crippen LogP contribution in [0.5, 0.6) is 0 Å². The average Bonchev–Trinajstić information content (AvgIpc) is 3.47. The predicted molar refractivity (Wildman–Crippen MR) is 134 cm³/mol. The number of ether oxygens (including phenoxy) is 3. The molecule has 1 aliphatic carbocycles. The van der Waals surface area contributed by atoms with E-state index in [4.69, 9.17) is 19.5 Å². The van der Waals surface area contributed by atoms with E-state index in [-0.39, 0.29) is 50.0 Å². The lowest BCUT2D eigenvalue weighted by atomic mass is 9.78. The molecule has 40 heavy (non-hydrogen) atoms. The molecule has 3 aliphatic heterocycles. The third kappa shape index (κ3) is 5.63. The van der Waals surface area contributed by atoms with Gasteiger partial charge >= 0.3 is 12.3 Å². The quantitative estimate of drug-likeness (QED) is 0.484. The van der Waals surface area contributed by atoms with Crippen LogP contribution in [-0.4, -0.2) is 79.5 Å². The Bertz CT molecular complexity index is 1160. The fourth-order valence-electron chi connectivity index (χ4n) is 7.21. The van der Waals surface area contributed by atoms with Gasteiger partial charge in [0.15, 0.2) is 0 Å². The van der Waals surface area contributed by atoms with Crippen LogP contribution in [0.4, 0.5) is 18.0 Å². The van der Waals surface area contributed by atoms with Gasteiger partial charge in [-0.05, 0) is 55.1 Å². The molecule has 218 valence electrons. The number of carbonyl (C=O) groups excluding carboxylic acids is 2. The molecule has 2 unspecified atom stereocenters. The number of alkyl halides is 3. The van der Waals surface area contributed by atoms with E-state index < -0.39 is 23.2 Å². The first-order valence-corrected chi connectivity index (χ1v) is 13.9. The Morgan fingerprint density at radius 1 is 1.32 bits per heavy atom. The Hall–Kier alpha value is -2.91. The van der Waals surface area contributed by atoms with Crippen molar-refractivity contribution in [3.8, 4) is 6.07 Å². The van der Waals surface area contributed by atoms with Crippen molar-refractivity contribution in [3.05, 3.63) is 29.1 Å². The van der Waals surface area contributed by atoms with Crippen LogP contribution in [0.1, 0.15) is 48.9 Å². The second kappa shape index (κ2) is 11.5. The summed E-state index contributed by atoms with van der Waals surface area (Å²) in [7, 11) is 1.68. The molecule has 5 atom stereocenters. The van der Waals surface area contributed by atoms with Gasteiger partial charge in [-0.25, -0.2) is 4.79 Å². The van der Waals surface area contributed by atoms with Crippen LogP contribution in [0.3, 0.4) is 0 Å². The topological polar surface area (TPSA) is 105 Å². The van der Waals surface area contributed by atoms with Crippen molar-refractivity contribution in [2.24, 2.45) is 23.2 Å². The van der Waals surface area contributed by atoms with Crippen molar-refractivity contribution in [2.75, 3.05) is 46.6 Å². The molecule has 9 nitrogen and oxygen atoms in total. The minimum atomic E-state index is -4.52. The Morgan fingerprint density at radius 3 is 2.90 bits per heavy atom. The van der Waals surface area contributed by atoms with Gasteiger partial charge in [-0.3, -0.25) is 9.78 Å². The number of halogens is 3. The summed E-state index contributed by atoms with van der Waals surface area (Å²) in [4.78, 5) is 34.3. The molecule has 0 aromatic carbocycles. The second-order valence-corrected chi connectivity index (χ2v) is 11.5. The van der Waals surface area contributed by atoms with E-state index in [1.54, 1.807) is 16.9 Å². The van der Waals surface area contributed by atoms with Gasteiger partial charge in [0.2, 0.25) is 5.91 Å². The lowest BCUT2D eigenvalue weighted by molar-refractivity contribution is -0.144. The number of methoxy groups -OCH3 is 1. The maximum absolute atomic E-state index is 14.3. The zero-order chi connectivity index (χ0) is 28.5. The zero-order valence-corrected chi connectivity index (χ0v) is 22.6. The zero-order valence-electron chi connectivity index (χ0n) is 22.6. The number of amides is 2. The van der Waals surface area contributed by atoms with Crippen LogP contribution < -0.4 is 0 Å². The Kier molecular flexibility index (Phi) is 8.25. The number of rotatable bonds is 6. The summed E-state index contributed by atoms with van der Waals surface area (Å²) in [6.07, 6.45) is -0.606. The minimum absolute atomic E-state index is 0.00128. The van der Waals surface area contributed by atoms with Gasteiger partial charge in [-0.2, -0.15) is 18.4 Å². The maximum atomic E-state index is 14.3. The summed E-state index contributed by atoms with van der Waals surface area (Å²) in [6.45, 7) is 2.20. The van der Waals surface area contributed by atoms with Gasteiger partial charge in [0.05, 0.1) is 36.2 Å². The first-order valence-electron chi connectivity index (χ1n) is 13.9. The van der Waals surface area contributed by atoms with E-state index in [2.05, 4.69) is 4.98 Å². The molecule has 1 saturated carbocycles. The number of nitrogens with zero attached hydrogens (tertiary/aromatic N) is 4. The van der Waals surface area contributed by atoms with E-state index in [0.717, 1.165) is 31.5 Å². The molecule has 1 aromatic heterocycles. The summed E-state index contributed by atoms with van der Waals surface area (Å²) in [5.41, 5.74) is -0.671. The number of carbonyl (C=O) groups is 2. The molecule has 2 saturated heterocycles. The van der Waals surface area contributed by atoms with Crippen LogP contribution in [0.2, 0.25) is 0 Å². The lowest BCUT2D eigenvalue weighted by Gasteiger charge is -2.37. The SMILES string of the molecule is COC1COCCC1C[C@@H]1C[C@H]2CN(C(=O)OCCC#N)C[C@@]2(C(=O)N2CCc3ncc(C(F)(F)F)cc3C2)C1. The summed E-state index contributed by atoms with van der Waals surface area (Å²) in [5, 5.41) is 8.78. The molecule has 2 amide bonds. The van der Waals surface area contributed by atoms with Gasteiger partial charge in [-0.1, -0.05) is 0 Å². The van der Waals surface area contributed by atoms with E-state index in [9.17, 15) is 22.8 Å². The third-order valence-electron chi connectivity index (χ3n) is 9.12. The molecule has 4 aliphatic rings. The number of hydrogen-bond donors (Lipinski definition) is 0. The van der Waals surface area contributed by atoms with Crippen LogP contribution in [0.15, 0.2) is 12.3 Å². The largest absolute Gasteiger partial charge is 0.448 e. The second-order valence-electron chi connectivity index (χ2n) is 11.5. The Morgan fingerprint density at radius 2 is 2.15 bits per heavy atom. The van der Waals surface area contributed by atoms with Crippen LogP contribution in [0, 0.1) is 34.5 Å². The van der Waals surface area contributed by atoms with Crippen molar-refractivity contribution >= 4 is 12.0 Å². The number of nitriles is 1. The number of likely N-dealkylation sites (tertiary alicyclic amines) is 1. The van der Waals surface area contributed by atoms with Gasteiger partial charge < -0.3 is 24.0 Å². The number of pyridine rings is 1. The fourth-order valence-corrected chi connectivity index (χ4v) is 7.21. The fraction of sp³-hybridized carbons (Fsp3) is 0.714. The van der Waals surface area contributed by atoms with Crippen LogP contribution >= 0.6 is 0 Å². The summed E-state index contributed by atoms with van der Waals surface area (Å²) in [5.74, 6) is 0.360. The van der Waals surface area contributed by atoms with Gasteiger partial charge in [0, 0.05) is 58.2 Å². The smallest absolute Gasteiger partial charge is 0.417 e. The highest BCUT2D eigenvalue weighted by Crippen LogP contribution is 2.54. The molecule has 0 radical (unpaired) electrons. The first-order chi connectivity index (χ1) is 19.1. The Balaban J connectivity index is 1.36. The van der Waals surface area contributed by atoms with E-state index >= 15 is 0 Å². The molecule has 12 heteroatoms. The normalized spacial score (nSPS) is 30.0. The van der Waals surface area contributed by atoms with Gasteiger partial charge in [-0.15, -0.1) is 0 Å². The molecular weight excluding hydrogens is 529 g/mol. The monoisotopic (exact) mass is 564 g/mol. The molecule has 1 aromatic rings. The standard InChI is InChI=1S/C28H35F3N4O5/c1-38-24-16-39-8-4-19(24)9-18-10-22-15-35(26(37)40-7-2-5-32)17-27(22,12-18)25(36)34-6-3-23-20(14-34)11-21(13-33-23)28(29,30)31/h11,13,18-19,22,24H,2-4,6-10,12,14-17H2,1H3/t18-,19?,22+,24?,27+/m1/s1. The van der Waals surface area contributed by atoms with Gasteiger partial charge in [0.25, 0.3) is 0 Å². The van der Waals surface area contributed by atoms with Crippen molar-refractivity contribution < 1.29 is 37.0 Å². The molecule has 5 rings (SSSR count). The van der Waals surface area contributed by atoms with E-state index in [1.165, 1.54) is 0 Å². The first kappa shape index (κ1) is 28.6. The predicted octanol–water partition coefficient (Wildman–Crippen LogP) is 3.81.